The van der Waals surface area contributed by atoms with Crippen molar-refractivity contribution in [1.29, 1.82) is 0 Å². The van der Waals surface area contributed by atoms with E-state index < -0.39 is 19.6 Å². The molecule has 100 valence electrons. The fourth-order valence-corrected chi connectivity index (χ4v) is 2.38. The van der Waals surface area contributed by atoms with Crippen LogP contribution in [-0.2, 0) is 15.8 Å². The van der Waals surface area contributed by atoms with E-state index >= 15 is 0 Å². The number of rotatable bonds is 5. The van der Waals surface area contributed by atoms with Gasteiger partial charge in [-0.15, -0.1) is 0 Å². The second-order valence-electron chi connectivity index (χ2n) is 3.80. The molecule has 0 bridgehead atoms. The van der Waals surface area contributed by atoms with E-state index in [9.17, 15) is 14.6 Å². The Kier molecular flexibility index (Phi) is 4.61. The summed E-state index contributed by atoms with van der Waals surface area (Å²) in [6.45, 7) is 0. The zero-order chi connectivity index (χ0) is 13.9. The van der Waals surface area contributed by atoms with Crippen LogP contribution < -0.4 is 5.30 Å². The molecule has 0 saturated heterocycles. The van der Waals surface area contributed by atoms with Gasteiger partial charge < -0.3 is 20.1 Å². The number of hydrogen-bond donors (Lipinski definition) is 4. The molecule has 0 fully saturated rings. The Balaban J connectivity index is 3.11. The van der Waals surface area contributed by atoms with E-state index in [1.807, 2.05) is 0 Å². The molecule has 1 atom stereocenters. The number of carbonyl (C=O) groups is 1. The van der Waals surface area contributed by atoms with Crippen LogP contribution in [-0.4, -0.2) is 44.2 Å². The van der Waals surface area contributed by atoms with Crippen LogP contribution in [0.1, 0.15) is 5.56 Å². The average Bonchev–Trinajstić information content (AvgIpc) is 2.24. The van der Waals surface area contributed by atoms with E-state index in [-0.39, 0.29) is 17.3 Å². The van der Waals surface area contributed by atoms with Crippen molar-refractivity contribution >= 4 is 18.9 Å². The van der Waals surface area contributed by atoms with Crippen LogP contribution in [0.15, 0.2) is 24.3 Å². The van der Waals surface area contributed by atoms with Gasteiger partial charge in [-0.2, -0.15) is 5.06 Å². The van der Waals surface area contributed by atoms with Gasteiger partial charge in [-0.1, -0.05) is 18.2 Å². The van der Waals surface area contributed by atoms with Crippen LogP contribution in [0.25, 0.3) is 0 Å². The molecule has 0 aromatic heterocycles. The maximum Gasteiger partial charge on any atom is 0.356 e. The lowest BCUT2D eigenvalue weighted by Gasteiger charge is -2.19. The summed E-state index contributed by atoms with van der Waals surface area (Å²) in [6, 6.07) is 4.40. The maximum absolute atomic E-state index is 11.2. The molecule has 8 heteroatoms. The number of carboxylic acid groups (broad SMARTS) is 1. The lowest BCUT2D eigenvalue weighted by Crippen LogP contribution is -2.39. The molecule has 4 N–H and O–H groups in total. The first kappa shape index (κ1) is 14.8. The van der Waals surface area contributed by atoms with Crippen LogP contribution >= 0.6 is 7.60 Å². The van der Waals surface area contributed by atoms with Gasteiger partial charge in [0.2, 0.25) is 0 Å². The molecule has 0 aliphatic heterocycles. The summed E-state index contributed by atoms with van der Waals surface area (Å²) in [6.07, 6.45) is -0.205. The predicted molar refractivity (Wildman–Crippen MR) is 62.8 cm³/mol. The standard InChI is InChI=1S/C10H14NO6P/c1-11(14)8(10(12)13)6-7-4-2-3-5-9(7)18(15,16)17/h2-5,8,14H,6H2,1H3,(H,12,13)(H2,15,16,17). The van der Waals surface area contributed by atoms with Crippen LogP contribution in [0.3, 0.4) is 0 Å². The van der Waals surface area contributed by atoms with Crippen LogP contribution in [0, 0.1) is 0 Å². The van der Waals surface area contributed by atoms with E-state index in [2.05, 4.69) is 0 Å². The lowest BCUT2D eigenvalue weighted by atomic mass is 10.1. The summed E-state index contributed by atoms with van der Waals surface area (Å²) in [4.78, 5) is 29.2. The molecule has 18 heavy (non-hydrogen) atoms. The summed E-state index contributed by atoms with van der Waals surface area (Å²) in [5, 5.41) is 18.4. The molecule has 1 aromatic rings. The van der Waals surface area contributed by atoms with Gasteiger partial charge in [-0.25, -0.2) is 0 Å². The minimum Gasteiger partial charge on any atom is -0.480 e. The highest BCUT2D eigenvalue weighted by molar-refractivity contribution is 7.60. The molecule has 1 unspecified atom stereocenters. The largest absolute Gasteiger partial charge is 0.480 e. The lowest BCUT2D eigenvalue weighted by molar-refractivity contribution is -0.162. The number of benzene rings is 1. The summed E-state index contributed by atoms with van der Waals surface area (Å²) in [5.74, 6) is -1.28. The van der Waals surface area contributed by atoms with Crippen molar-refractivity contribution in [3.8, 4) is 0 Å². The van der Waals surface area contributed by atoms with E-state index in [1.165, 1.54) is 25.2 Å². The Hall–Kier alpha value is -1.24. The van der Waals surface area contributed by atoms with Gasteiger partial charge in [0.25, 0.3) is 0 Å². The van der Waals surface area contributed by atoms with Crippen molar-refractivity contribution in [1.82, 2.24) is 5.06 Å². The van der Waals surface area contributed by atoms with Crippen molar-refractivity contribution in [2.24, 2.45) is 0 Å². The van der Waals surface area contributed by atoms with Gasteiger partial charge in [0, 0.05) is 13.5 Å². The maximum atomic E-state index is 11.2. The molecule has 1 aromatic carbocycles. The number of aliphatic carboxylic acids is 1. The molecule has 0 saturated carbocycles. The second-order valence-corrected chi connectivity index (χ2v) is 5.37. The number of hydroxylamine groups is 2. The quantitative estimate of drug-likeness (QED) is 0.434. The fraction of sp³-hybridized carbons (Fsp3) is 0.300. The Morgan fingerprint density at radius 2 is 1.94 bits per heavy atom. The van der Waals surface area contributed by atoms with Gasteiger partial charge in [0.1, 0.15) is 6.04 Å². The summed E-state index contributed by atoms with van der Waals surface area (Å²) in [7, 11) is -3.30. The zero-order valence-electron chi connectivity index (χ0n) is 9.59. The minimum absolute atomic E-state index is 0.194. The number of hydrogen-bond acceptors (Lipinski definition) is 4. The first-order valence-corrected chi connectivity index (χ1v) is 6.63. The molecule has 0 heterocycles. The Labute approximate surface area is 103 Å². The first-order valence-electron chi connectivity index (χ1n) is 5.02. The molecule has 0 spiro atoms. The fourth-order valence-electron chi connectivity index (χ4n) is 1.56. The van der Waals surface area contributed by atoms with Crippen molar-refractivity contribution in [3.05, 3.63) is 29.8 Å². The third-order valence-electron chi connectivity index (χ3n) is 2.45. The SMILES string of the molecule is CN(O)C(Cc1ccccc1P(=O)(O)O)C(=O)O. The third-order valence-corrected chi connectivity index (χ3v) is 3.52. The van der Waals surface area contributed by atoms with Crippen LogP contribution in [0.5, 0.6) is 0 Å². The van der Waals surface area contributed by atoms with Crippen LogP contribution in [0.4, 0.5) is 0 Å². The van der Waals surface area contributed by atoms with Crippen molar-refractivity contribution in [2.45, 2.75) is 12.5 Å². The highest BCUT2D eigenvalue weighted by Crippen LogP contribution is 2.34. The third kappa shape index (κ3) is 3.63. The molecule has 1 rings (SSSR count). The van der Waals surface area contributed by atoms with Gasteiger partial charge >= 0.3 is 13.6 Å². The smallest absolute Gasteiger partial charge is 0.356 e. The van der Waals surface area contributed by atoms with Crippen molar-refractivity contribution < 1.29 is 29.5 Å². The molecule has 0 aliphatic rings. The minimum atomic E-state index is -4.47. The Morgan fingerprint density at radius 1 is 1.39 bits per heavy atom. The van der Waals surface area contributed by atoms with Gasteiger partial charge in [0.05, 0.1) is 5.30 Å². The van der Waals surface area contributed by atoms with E-state index in [0.717, 1.165) is 0 Å². The molecular formula is C10H14NO6P. The summed E-state index contributed by atoms with van der Waals surface area (Å²) in [5.41, 5.74) is 0.194. The van der Waals surface area contributed by atoms with Crippen molar-refractivity contribution in [2.75, 3.05) is 7.05 Å². The molecule has 7 nitrogen and oxygen atoms in total. The van der Waals surface area contributed by atoms with Gasteiger partial charge in [0.15, 0.2) is 0 Å². The molecule has 0 aliphatic carbocycles. The average molecular weight is 275 g/mol. The topological polar surface area (TPSA) is 118 Å². The Bertz CT molecular complexity index is 483. The second kappa shape index (κ2) is 5.60. The van der Waals surface area contributed by atoms with E-state index in [4.69, 9.17) is 14.9 Å². The number of nitrogens with zero attached hydrogens (tertiary/aromatic N) is 1. The van der Waals surface area contributed by atoms with Crippen molar-refractivity contribution in [3.63, 3.8) is 0 Å². The predicted octanol–water partition coefficient (Wildman–Crippen LogP) is -0.194. The number of carboxylic acids is 1. The monoisotopic (exact) mass is 275 g/mol. The highest BCUT2D eigenvalue weighted by atomic mass is 31.2. The van der Waals surface area contributed by atoms with Gasteiger partial charge in [-0.05, 0) is 11.6 Å². The number of likely N-dealkylation sites (N-methyl/N-ethyl adjacent to an activating group) is 1. The molecule has 0 radical (unpaired) electrons. The molecule has 0 amide bonds. The molecular weight excluding hydrogens is 261 g/mol. The summed E-state index contributed by atoms with van der Waals surface area (Å²) >= 11 is 0. The highest BCUT2D eigenvalue weighted by Gasteiger charge is 2.27. The first-order chi connectivity index (χ1) is 8.23. The van der Waals surface area contributed by atoms with Gasteiger partial charge in [-0.3, -0.25) is 9.36 Å². The zero-order valence-corrected chi connectivity index (χ0v) is 10.5. The van der Waals surface area contributed by atoms with E-state index in [0.29, 0.717) is 5.06 Å². The summed E-state index contributed by atoms with van der Waals surface area (Å²) < 4.78 is 11.2. The van der Waals surface area contributed by atoms with Crippen LogP contribution in [0.2, 0.25) is 0 Å². The Morgan fingerprint density at radius 3 is 2.39 bits per heavy atom. The normalized spacial score (nSPS) is 13.6. The van der Waals surface area contributed by atoms with E-state index in [1.54, 1.807) is 6.07 Å².